The third-order valence-electron chi connectivity index (χ3n) is 4.89. The van der Waals surface area contributed by atoms with Crippen molar-refractivity contribution < 1.29 is 27.4 Å². The number of carbonyl (C=O) groups is 1. The van der Waals surface area contributed by atoms with Crippen LogP contribution in [-0.4, -0.2) is 55.7 Å². The van der Waals surface area contributed by atoms with Crippen LogP contribution in [0.1, 0.15) is 18.4 Å². The predicted molar refractivity (Wildman–Crippen MR) is 106 cm³/mol. The van der Waals surface area contributed by atoms with Gasteiger partial charge in [0, 0.05) is 32.4 Å². The highest BCUT2D eigenvalue weighted by atomic mass is 19.4. The van der Waals surface area contributed by atoms with Crippen LogP contribution < -0.4 is 14.4 Å². The van der Waals surface area contributed by atoms with E-state index in [-0.39, 0.29) is 18.9 Å². The maximum absolute atomic E-state index is 12.7. The second-order valence-electron chi connectivity index (χ2n) is 6.87. The van der Waals surface area contributed by atoms with Crippen molar-refractivity contribution in [2.75, 3.05) is 44.8 Å². The summed E-state index contributed by atoms with van der Waals surface area (Å²) >= 11 is 0. The molecule has 0 aliphatic carbocycles. The highest BCUT2D eigenvalue weighted by molar-refractivity contribution is 5.76. The van der Waals surface area contributed by atoms with Crippen LogP contribution in [0.2, 0.25) is 0 Å². The van der Waals surface area contributed by atoms with Crippen molar-refractivity contribution in [2.45, 2.75) is 19.0 Å². The average Bonchev–Trinajstić information content (AvgIpc) is 3.00. The van der Waals surface area contributed by atoms with E-state index >= 15 is 0 Å². The summed E-state index contributed by atoms with van der Waals surface area (Å²) in [5.74, 6) is 1.66. The van der Waals surface area contributed by atoms with Crippen LogP contribution in [0.15, 0.2) is 42.6 Å². The summed E-state index contributed by atoms with van der Waals surface area (Å²) in [6, 6.07) is 9.65. The van der Waals surface area contributed by atoms with Gasteiger partial charge in [0.15, 0.2) is 11.5 Å². The van der Waals surface area contributed by atoms with E-state index in [0.29, 0.717) is 49.9 Å². The van der Waals surface area contributed by atoms with Crippen LogP contribution in [0.3, 0.4) is 0 Å². The summed E-state index contributed by atoms with van der Waals surface area (Å²) in [6.45, 7) is 2.44. The summed E-state index contributed by atoms with van der Waals surface area (Å²) in [5, 5.41) is 0. The highest BCUT2D eigenvalue weighted by Crippen LogP contribution is 2.29. The Morgan fingerprint density at radius 2 is 1.83 bits per heavy atom. The Kier molecular flexibility index (Phi) is 7.02. The Labute approximate surface area is 173 Å². The van der Waals surface area contributed by atoms with Crippen molar-refractivity contribution in [3.05, 3.63) is 48.2 Å². The molecule has 0 N–H and O–H groups in total. The number of anilines is 1. The molecule has 2 heterocycles. The molecule has 1 aromatic heterocycles. The van der Waals surface area contributed by atoms with Gasteiger partial charge in [0.25, 0.3) is 0 Å². The van der Waals surface area contributed by atoms with Crippen LogP contribution in [0.4, 0.5) is 19.0 Å². The lowest BCUT2D eigenvalue weighted by atomic mass is 10.2. The number of carbonyl (C=O) groups excluding carboxylic acids is 1. The fourth-order valence-electron chi connectivity index (χ4n) is 3.28. The molecule has 6 nitrogen and oxygen atoms in total. The van der Waals surface area contributed by atoms with E-state index in [2.05, 4.69) is 4.98 Å². The van der Waals surface area contributed by atoms with Gasteiger partial charge in [-0.05, 0) is 30.7 Å². The second-order valence-corrected chi connectivity index (χ2v) is 6.87. The minimum absolute atomic E-state index is 0.0212. The van der Waals surface area contributed by atoms with E-state index in [0.717, 1.165) is 12.3 Å². The van der Waals surface area contributed by atoms with Gasteiger partial charge in [-0.15, -0.1) is 0 Å². The normalized spacial score (nSPS) is 14.9. The quantitative estimate of drug-likeness (QED) is 0.711. The van der Waals surface area contributed by atoms with Crippen LogP contribution in [0, 0.1) is 0 Å². The molecule has 1 fully saturated rings. The number of methoxy groups -OCH3 is 1. The van der Waals surface area contributed by atoms with Crippen LogP contribution in [0.5, 0.6) is 11.5 Å². The third kappa shape index (κ3) is 5.55. The predicted octanol–water partition coefficient (Wildman–Crippen LogP) is 3.62. The first-order valence-corrected chi connectivity index (χ1v) is 9.70. The molecule has 0 atom stereocenters. The second kappa shape index (κ2) is 9.69. The number of ether oxygens (including phenoxy) is 2. The number of hydrogen-bond acceptors (Lipinski definition) is 5. The van der Waals surface area contributed by atoms with E-state index in [1.165, 1.54) is 6.07 Å². The lowest BCUT2D eigenvalue weighted by Gasteiger charge is -2.23. The number of benzene rings is 1. The van der Waals surface area contributed by atoms with E-state index in [1.54, 1.807) is 24.1 Å². The SMILES string of the molecule is COc1ccccc1OCCC(=O)N1CCCN(c2ccc(C(F)(F)F)cn2)CC1. The van der Waals surface area contributed by atoms with E-state index in [1.807, 2.05) is 17.0 Å². The first-order chi connectivity index (χ1) is 14.4. The van der Waals surface area contributed by atoms with Crippen molar-refractivity contribution in [1.82, 2.24) is 9.88 Å². The fourth-order valence-corrected chi connectivity index (χ4v) is 3.28. The molecule has 30 heavy (non-hydrogen) atoms. The molecule has 162 valence electrons. The Morgan fingerprint density at radius 1 is 1.07 bits per heavy atom. The van der Waals surface area contributed by atoms with E-state index < -0.39 is 11.7 Å². The maximum Gasteiger partial charge on any atom is 0.417 e. The average molecular weight is 423 g/mol. The van der Waals surface area contributed by atoms with Gasteiger partial charge in [0.05, 0.1) is 25.7 Å². The largest absolute Gasteiger partial charge is 0.493 e. The van der Waals surface area contributed by atoms with Crippen molar-refractivity contribution in [1.29, 1.82) is 0 Å². The molecule has 1 amide bonds. The fraction of sp³-hybridized carbons (Fsp3) is 0.429. The van der Waals surface area contributed by atoms with Gasteiger partial charge in [-0.2, -0.15) is 13.2 Å². The Morgan fingerprint density at radius 3 is 2.50 bits per heavy atom. The molecule has 0 spiro atoms. The first kappa shape index (κ1) is 21.7. The van der Waals surface area contributed by atoms with Gasteiger partial charge in [0.1, 0.15) is 5.82 Å². The summed E-state index contributed by atoms with van der Waals surface area (Å²) in [7, 11) is 1.56. The number of hydrogen-bond donors (Lipinski definition) is 0. The number of nitrogens with zero attached hydrogens (tertiary/aromatic N) is 3. The molecule has 0 unspecified atom stereocenters. The zero-order valence-corrected chi connectivity index (χ0v) is 16.7. The monoisotopic (exact) mass is 423 g/mol. The molecule has 0 radical (unpaired) electrons. The first-order valence-electron chi connectivity index (χ1n) is 9.70. The number of halogens is 3. The van der Waals surface area contributed by atoms with E-state index in [9.17, 15) is 18.0 Å². The van der Waals surface area contributed by atoms with Gasteiger partial charge < -0.3 is 19.3 Å². The van der Waals surface area contributed by atoms with Gasteiger partial charge in [0.2, 0.25) is 5.91 Å². The lowest BCUT2D eigenvalue weighted by molar-refractivity contribution is -0.137. The molecule has 0 saturated carbocycles. The zero-order valence-electron chi connectivity index (χ0n) is 16.7. The molecule has 2 aromatic rings. The summed E-state index contributed by atoms with van der Waals surface area (Å²) in [4.78, 5) is 20.2. The van der Waals surface area contributed by atoms with Crippen LogP contribution >= 0.6 is 0 Å². The Bertz CT molecular complexity index is 843. The van der Waals surface area contributed by atoms with Gasteiger partial charge >= 0.3 is 6.18 Å². The molecular weight excluding hydrogens is 399 g/mol. The summed E-state index contributed by atoms with van der Waals surface area (Å²) in [6.07, 6.45) is -2.61. The van der Waals surface area contributed by atoms with Gasteiger partial charge in [-0.1, -0.05) is 12.1 Å². The molecule has 1 aliphatic rings. The molecule has 1 saturated heterocycles. The third-order valence-corrected chi connectivity index (χ3v) is 4.89. The topological polar surface area (TPSA) is 54.9 Å². The standard InChI is InChI=1S/C21H24F3N3O3/c1-29-17-5-2-3-6-18(17)30-14-9-20(28)27-11-4-10-26(12-13-27)19-8-7-16(15-25-19)21(22,23)24/h2-3,5-8,15H,4,9-14H2,1H3. The van der Waals surface area contributed by atoms with Gasteiger partial charge in [-0.3, -0.25) is 4.79 Å². The number of alkyl halides is 3. The molecule has 1 aliphatic heterocycles. The Hall–Kier alpha value is -2.97. The number of rotatable bonds is 6. The number of aromatic nitrogens is 1. The summed E-state index contributed by atoms with van der Waals surface area (Å²) < 4.78 is 49.0. The van der Waals surface area contributed by atoms with Crippen molar-refractivity contribution in [2.24, 2.45) is 0 Å². The lowest BCUT2D eigenvalue weighted by Crippen LogP contribution is -2.36. The molecule has 3 rings (SSSR count). The Balaban J connectivity index is 1.50. The van der Waals surface area contributed by atoms with Crippen molar-refractivity contribution in [3.63, 3.8) is 0 Å². The molecule has 9 heteroatoms. The number of pyridine rings is 1. The van der Waals surface area contributed by atoms with Crippen LogP contribution in [0.25, 0.3) is 0 Å². The maximum atomic E-state index is 12.7. The zero-order chi connectivity index (χ0) is 21.6. The number of amides is 1. The number of para-hydroxylation sites is 2. The minimum Gasteiger partial charge on any atom is -0.493 e. The van der Waals surface area contributed by atoms with E-state index in [4.69, 9.17) is 9.47 Å². The molecular formula is C21H24F3N3O3. The molecule has 1 aromatic carbocycles. The highest BCUT2D eigenvalue weighted by Gasteiger charge is 2.31. The van der Waals surface area contributed by atoms with Crippen molar-refractivity contribution in [3.8, 4) is 11.5 Å². The van der Waals surface area contributed by atoms with Crippen molar-refractivity contribution >= 4 is 11.7 Å². The summed E-state index contributed by atoms with van der Waals surface area (Å²) in [5.41, 5.74) is -0.770. The van der Waals surface area contributed by atoms with Gasteiger partial charge in [-0.25, -0.2) is 4.98 Å². The van der Waals surface area contributed by atoms with Crippen LogP contribution in [-0.2, 0) is 11.0 Å². The minimum atomic E-state index is -4.40. The molecule has 0 bridgehead atoms. The smallest absolute Gasteiger partial charge is 0.417 e.